The van der Waals surface area contributed by atoms with E-state index in [2.05, 4.69) is 5.32 Å². The molecule has 0 bridgehead atoms. The van der Waals surface area contributed by atoms with Crippen LogP contribution in [-0.4, -0.2) is 25.8 Å². The zero-order valence-corrected chi connectivity index (χ0v) is 13.0. The molecule has 1 unspecified atom stereocenters. The molecule has 3 N–H and O–H groups in total. The van der Waals surface area contributed by atoms with Crippen LogP contribution in [0.25, 0.3) is 0 Å². The average Bonchev–Trinajstić information content (AvgIpc) is 1.83. The Morgan fingerprint density at radius 1 is 1.73 bits per heavy atom. The third-order valence-electron chi connectivity index (χ3n) is 0.966. The molecule has 4 nitrogen and oxygen atoms in total. The Kier molecular flexibility index (Phi) is 16.6. The number of carbonyl (C=O) groups is 1. The largest absolute Gasteiger partial charge is 2.00 e. The number of ether oxygens (including phenoxy) is 1. The normalized spacial score (nSPS) is 10.4. The van der Waals surface area contributed by atoms with E-state index in [0.717, 1.165) is 0 Å². The van der Waals surface area contributed by atoms with Gasteiger partial charge < -0.3 is 28.2 Å². The van der Waals surface area contributed by atoms with E-state index >= 15 is 0 Å². The maximum Gasteiger partial charge on any atom is 2.00 e. The van der Waals surface area contributed by atoms with Gasteiger partial charge in [0, 0.05) is 13.7 Å². The number of urea groups is 1. The Morgan fingerprint density at radius 2 is 2.18 bits per heavy atom. The van der Waals surface area contributed by atoms with Crippen molar-refractivity contribution in [3.63, 3.8) is 0 Å². The third-order valence-corrected chi connectivity index (χ3v) is 0.966. The van der Waals surface area contributed by atoms with Crippen LogP contribution in [0.15, 0.2) is 0 Å². The molecule has 0 aromatic heterocycles. The molecule has 1 atom stereocenters. The van der Waals surface area contributed by atoms with E-state index < -0.39 is 6.03 Å². The van der Waals surface area contributed by atoms with Crippen molar-refractivity contribution in [3.05, 3.63) is 0 Å². The number of methoxy groups -OCH3 is 1. The number of hydrogen-bond donors (Lipinski definition) is 2. The first-order valence-electron chi connectivity index (χ1n) is 2.73. The van der Waals surface area contributed by atoms with Crippen LogP contribution < -0.4 is 23.5 Å². The Labute approximate surface area is 93.1 Å². The fraction of sp³-hybridized carbons (Fsp3) is 0.800. The summed E-state index contributed by atoms with van der Waals surface area (Å²) in [5.74, 6) is 0. The molecule has 0 aliphatic carbocycles. The molecule has 0 heterocycles. The number of nitrogens with one attached hydrogen (secondary N) is 1. The molecule has 0 aliphatic rings. The quantitative estimate of drug-likeness (QED) is 0.511. The van der Waals surface area contributed by atoms with Gasteiger partial charge in [-0.3, -0.25) is 0 Å². The van der Waals surface area contributed by atoms with E-state index in [4.69, 9.17) is 10.5 Å². The molecule has 62 valence electrons. The maximum atomic E-state index is 10.1. The molecule has 6 heteroatoms. The van der Waals surface area contributed by atoms with E-state index in [1.54, 1.807) is 7.11 Å². The Morgan fingerprint density at radius 3 is 2.45 bits per heavy atom. The third kappa shape index (κ3) is 13.4. The standard InChI is InChI=1S/C5H12N2O2.ClH.Hg/c1-4(9-2)3-7-5(6)8;;/h4H,3H2,1-2H3,(H3,6,7,8);1H;/q;;+2/p-1/i;;1+2. The molecule has 0 aliphatic heterocycles. The van der Waals surface area contributed by atoms with Gasteiger partial charge >= 0.3 is 33.7 Å². The van der Waals surface area contributed by atoms with Gasteiger partial charge in [-0.2, -0.15) is 0 Å². The first-order chi connectivity index (χ1) is 4.16. The average molecular weight is 371 g/mol. The molecule has 11 heavy (non-hydrogen) atoms. The van der Waals surface area contributed by atoms with E-state index in [-0.39, 0.29) is 46.2 Å². The summed E-state index contributed by atoms with van der Waals surface area (Å²) in [5.41, 5.74) is 4.79. The second kappa shape index (κ2) is 10.5. The number of nitrogens with two attached hydrogens (primary N) is 1. The minimum Gasteiger partial charge on any atom is -1.00 e. The molecule has 0 fully saturated rings. The van der Waals surface area contributed by atoms with E-state index in [0.29, 0.717) is 6.54 Å². The number of carbonyl (C=O) groups excluding carboxylic acids is 1. The number of rotatable bonds is 3. The van der Waals surface area contributed by atoms with Crippen molar-refractivity contribution in [1.29, 1.82) is 0 Å². The van der Waals surface area contributed by atoms with Crippen LogP contribution in [0.5, 0.6) is 0 Å². The Hall–Kier alpha value is 0.455. The molecule has 0 saturated carbocycles. The predicted octanol–water partition coefficient (Wildman–Crippen LogP) is -3.31. The molecular weight excluding hydrogens is 358 g/mol. The van der Waals surface area contributed by atoms with Crippen LogP contribution in [0.2, 0.25) is 0 Å². The molecule has 0 spiro atoms. The zero-order chi connectivity index (χ0) is 7.28. The summed E-state index contributed by atoms with van der Waals surface area (Å²) in [7, 11) is 1.58. The van der Waals surface area contributed by atoms with Crippen molar-refractivity contribution >= 4 is 6.03 Å². The second-order valence-electron chi connectivity index (χ2n) is 1.79. The first kappa shape index (κ1) is 17.5. The van der Waals surface area contributed by atoms with Crippen LogP contribution in [0.4, 0.5) is 4.79 Å². The van der Waals surface area contributed by atoms with Crippen LogP contribution >= 0.6 is 0 Å². The van der Waals surface area contributed by atoms with Crippen molar-refractivity contribution in [2.75, 3.05) is 13.7 Å². The molecule has 0 aromatic rings. The van der Waals surface area contributed by atoms with Crippen LogP contribution in [-0.2, 0) is 32.4 Å². The summed E-state index contributed by atoms with van der Waals surface area (Å²) in [6, 6.07) is -0.515. The van der Waals surface area contributed by atoms with Crippen LogP contribution in [0.3, 0.4) is 0 Å². The fourth-order valence-corrected chi connectivity index (χ4v) is 0.328. The number of amides is 2. The number of hydrogen-bond acceptors (Lipinski definition) is 2. The van der Waals surface area contributed by atoms with Gasteiger partial charge in [0.05, 0.1) is 6.10 Å². The van der Waals surface area contributed by atoms with Gasteiger partial charge in [0.1, 0.15) is 0 Å². The summed E-state index contributed by atoms with van der Waals surface area (Å²) in [6.45, 7) is 2.31. The molecule has 0 rings (SSSR count). The van der Waals surface area contributed by atoms with Crippen molar-refractivity contribution < 1.29 is 49.6 Å². The summed E-state index contributed by atoms with van der Waals surface area (Å²) in [6.07, 6.45) is 0.0255. The minimum atomic E-state index is -0.515. The van der Waals surface area contributed by atoms with Gasteiger partial charge in [0.25, 0.3) is 0 Å². The molecular formula is C5H12ClHgN2O2+. The van der Waals surface area contributed by atoms with E-state index in [9.17, 15) is 4.79 Å². The van der Waals surface area contributed by atoms with Crippen molar-refractivity contribution in [2.45, 2.75) is 13.0 Å². The van der Waals surface area contributed by atoms with Gasteiger partial charge in [-0.15, -0.1) is 0 Å². The number of halogens is 1. The second-order valence-corrected chi connectivity index (χ2v) is 1.79. The molecule has 0 radical (unpaired) electrons. The predicted molar refractivity (Wildman–Crippen MR) is 34.1 cm³/mol. The Balaban J connectivity index is -0.000000320. The summed E-state index contributed by atoms with van der Waals surface area (Å²) in [4.78, 5) is 10.1. The summed E-state index contributed by atoms with van der Waals surface area (Å²) < 4.78 is 4.83. The SMILES string of the molecule is COC(C)CNC(N)=O.[203Hg+2].[Cl-]. The van der Waals surface area contributed by atoms with E-state index in [1.165, 1.54) is 0 Å². The molecule has 0 saturated heterocycles. The van der Waals surface area contributed by atoms with Crippen LogP contribution in [0.1, 0.15) is 6.92 Å². The number of primary amides is 1. The smallest absolute Gasteiger partial charge is 1.00 e. The van der Waals surface area contributed by atoms with Gasteiger partial charge in [-0.1, -0.05) is 0 Å². The summed E-state index contributed by atoms with van der Waals surface area (Å²) >= 11 is 0. The summed E-state index contributed by atoms with van der Waals surface area (Å²) in [5, 5.41) is 2.41. The van der Waals surface area contributed by atoms with Crippen molar-refractivity contribution in [2.24, 2.45) is 5.73 Å². The monoisotopic (exact) mass is 370 g/mol. The fourth-order valence-electron chi connectivity index (χ4n) is 0.328. The van der Waals surface area contributed by atoms with Crippen molar-refractivity contribution in [1.82, 2.24) is 5.32 Å². The minimum absolute atomic E-state index is 0. The maximum absolute atomic E-state index is 10.1. The zero-order valence-electron chi connectivity index (χ0n) is 6.76. The molecule has 0 aromatic carbocycles. The molecule has 2 amide bonds. The first-order valence-corrected chi connectivity index (χ1v) is 2.73. The van der Waals surface area contributed by atoms with Crippen LogP contribution in [0, 0.1) is 0 Å². The topological polar surface area (TPSA) is 64.3 Å². The Bertz CT molecular complexity index is 104. The van der Waals surface area contributed by atoms with Gasteiger partial charge in [0.2, 0.25) is 0 Å². The van der Waals surface area contributed by atoms with Gasteiger partial charge in [-0.25, -0.2) is 4.79 Å². The van der Waals surface area contributed by atoms with E-state index in [1.807, 2.05) is 6.92 Å². The van der Waals surface area contributed by atoms with Gasteiger partial charge in [-0.05, 0) is 6.92 Å². The van der Waals surface area contributed by atoms with Gasteiger partial charge in [0.15, 0.2) is 0 Å². The van der Waals surface area contributed by atoms with Crippen molar-refractivity contribution in [3.8, 4) is 0 Å².